The lowest BCUT2D eigenvalue weighted by molar-refractivity contribution is -0.146. The molecule has 0 bridgehead atoms. The summed E-state index contributed by atoms with van der Waals surface area (Å²) in [6.07, 6.45) is 0.0759. The summed E-state index contributed by atoms with van der Waals surface area (Å²) in [6.45, 7) is 3.35. The molecule has 7 heteroatoms. The Morgan fingerprint density at radius 3 is 2.41 bits per heavy atom. The molecule has 0 atom stereocenters. The monoisotopic (exact) mass is 393 g/mol. The molecule has 3 rings (SSSR count). The Morgan fingerprint density at radius 2 is 1.72 bits per heavy atom. The Kier molecular flexibility index (Phi) is 6.29. The predicted molar refractivity (Wildman–Crippen MR) is 109 cm³/mol. The molecule has 150 valence electrons. The summed E-state index contributed by atoms with van der Waals surface area (Å²) in [5.41, 5.74) is 2.99. The Bertz CT molecular complexity index is 1010. The summed E-state index contributed by atoms with van der Waals surface area (Å²) in [5.74, 6) is 0.234. The number of aromatic nitrogens is 2. The smallest absolute Gasteiger partial charge is 0.310 e. The standard InChI is InChI=1S/C22H23N3O4/c1-15-18(16(2)25(3)24-15)13-22(27)28-14-21(26)23-19-11-7-8-12-20(19)29-17-9-5-4-6-10-17/h4-12H,13-14H2,1-3H3,(H,23,26). The number of aryl methyl sites for hydroxylation is 2. The number of benzene rings is 2. The van der Waals surface area contributed by atoms with E-state index in [1.165, 1.54) is 0 Å². The number of carbonyl (C=O) groups excluding carboxylic acids is 2. The first-order valence-corrected chi connectivity index (χ1v) is 9.20. The van der Waals surface area contributed by atoms with Gasteiger partial charge in [-0.15, -0.1) is 0 Å². The summed E-state index contributed by atoms with van der Waals surface area (Å²) < 4.78 is 12.7. The van der Waals surface area contributed by atoms with E-state index in [0.717, 1.165) is 17.0 Å². The highest BCUT2D eigenvalue weighted by molar-refractivity contribution is 5.94. The third-order valence-corrected chi connectivity index (χ3v) is 4.48. The van der Waals surface area contributed by atoms with E-state index in [1.807, 2.05) is 57.3 Å². The van der Waals surface area contributed by atoms with Crippen molar-refractivity contribution in [3.63, 3.8) is 0 Å². The van der Waals surface area contributed by atoms with E-state index in [2.05, 4.69) is 10.4 Å². The molecule has 7 nitrogen and oxygen atoms in total. The van der Waals surface area contributed by atoms with Crippen molar-refractivity contribution in [3.8, 4) is 11.5 Å². The van der Waals surface area contributed by atoms with Gasteiger partial charge < -0.3 is 14.8 Å². The molecule has 3 aromatic rings. The number of ether oxygens (including phenoxy) is 2. The largest absolute Gasteiger partial charge is 0.455 e. The molecule has 2 aromatic carbocycles. The van der Waals surface area contributed by atoms with E-state index in [-0.39, 0.29) is 13.0 Å². The third-order valence-electron chi connectivity index (χ3n) is 4.48. The van der Waals surface area contributed by atoms with Gasteiger partial charge in [0.05, 0.1) is 17.8 Å². The molecule has 0 aliphatic carbocycles. The number of carbonyl (C=O) groups is 2. The van der Waals surface area contributed by atoms with Gasteiger partial charge in [0.1, 0.15) is 5.75 Å². The molecule has 0 radical (unpaired) electrons. The van der Waals surface area contributed by atoms with Crippen molar-refractivity contribution < 1.29 is 19.1 Å². The number of anilines is 1. The van der Waals surface area contributed by atoms with Crippen LogP contribution in [-0.2, 0) is 27.8 Å². The Morgan fingerprint density at radius 1 is 1.03 bits per heavy atom. The van der Waals surface area contributed by atoms with Crippen LogP contribution < -0.4 is 10.1 Å². The predicted octanol–water partition coefficient (Wildman–Crippen LogP) is 3.55. The maximum absolute atomic E-state index is 12.3. The Labute approximate surface area is 169 Å². The number of hydrogen-bond acceptors (Lipinski definition) is 5. The van der Waals surface area contributed by atoms with Crippen molar-refractivity contribution in [2.45, 2.75) is 20.3 Å². The summed E-state index contributed by atoms with van der Waals surface area (Å²) in [7, 11) is 1.82. The summed E-state index contributed by atoms with van der Waals surface area (Å²) in [5, 5.41) is 6.99. The van der Waals surface area contributed by atoms with Crippen LogP contribution in [0.1, 0.15) is 17.0 Å². The average molecular weight is 393 g/mol. The van der Waals surface area contributed by atoms with Crippen LogP contribution in [0.15, 0.2) is 54.6 Å². The fourth-order valence-corrected chi connectivity index (χ4v) is 2.88. The Balaban J connectivity index is 1.56. The maximum Gasteiger partial charge on any atom is 0.310 e. The van der Waals surface area contributed by atoms with Crippen LogP contribution >= 0.6 is 0 Å². The van der Waals surface area contributed by atoms with Crippen molar-refractivity contribution in [1.29, 1.82) is 0 Å². The summed E-state index contributed by atoms with van der Waals surface area (Å²) in [4.78, 5) is 24.4. The lowest BCUT2D eigenvalue weighted by Gasteiger charge is -2.12. The Hall–Kier alpha value is -3.61. The van der Waals surface area contributed by atoms with Gasteiger partial charge in [-0.05, 0) is 38.1 Å². The van der Waals surface area contributed by atoms with Gasteiger partial charge in [0.25, 0.3) is 5.91 Å². The van der Waals surface area contributed by atoms with Gasteiger partial charge in [-0.25, -0.2) is 0 Å². The SMILES string of the molecule is Cc1nn(C)c(C)c1CC(=O)OCC(=O)Nc1ccccc1Oc1ccccc1. The van der Waals surface area contributed by atoms with Crippen molar-refractivity contribution in [2.24, 2.45) is 7.05 Å². The quantitative estimate of drug-likeness (QED) is 0.621. The second kappa shape index (κ2) is 9.05. The van der Waals surface area contributed by atoms with E-state index in [9.17, 15) is 9.59 Å². The first-order valence-electron chi connectivity index (χ1n) is 9.20. The molecule has 29 heavy (non-hydrogen) atoms. The van der Waals surface area contributed by atoms with Crippen LogP contribution in [0.2, 0.25) is 0 Å². The van der Waals surface area contributed by atoms with Crippen LogP contribution in [0, 0.1) is 13.8 Å². The average Bonchev–Trinajstić information content (AvgIpc) is 2.95. The number of amides is 1. The van der Waals surface area contributed by atoms with Crippen LogP contribution in [0.4, 0.5) is 5.69 Å². The zero-order valence-electron chi connectivity index (χ0n) is 16.6. The number of esters is 1. The molecule has 0 aliphatic rings. The topological polar surface area (TPSA) is 82.5 Å². The number of para-hydroxylation sites is 3. The number of nitrogens with zero attached hydrogens (tertiary/aromatic N) is 2. The highest BCUT2D eigenvalue weighted by atomic mass is 16.5. The lowest BCUT2D eigenvalue weighted by atomic mass is 10.1. The van der Waals surface area contributed by atoms with Gasteiger partial charge in [0.2, 0.25) is 0 Å². The minimum absolute atomic E-state index is 0.0759. The minimum atomic E-state index is -0.479. The second-order valence-electron chi connectivity index (χ2n) is 6.57. The van der Waals surface area contributed by atoms with Crippen LogP contribution in [0.25, 0.3) is 0 Å². The minimum Gasteiger partial charge on any atom is -0.455 e. The molecular formula is C22H23N3O4. The fourth-order valence-electron chi connectivity index (χ4n) is 2.88. The molecule has 0 spiro atoms. The lowest BCUT2D eigenvalue weighted by Crippen LogP contribution is -2.22. The highest BCUT2D eigenvalue weighted by Gasteiger charge is 2.16. The fraction of sp³-hybridized carbons (Fsp3) is 0.227. The molecule has 0 aliphatic heterocycles. The highest BCUT2D eigenvalue weighted by Crippen LogP contribution is 2.29. The molecule has 0 fully saturated rings. The molecule has 0 saturated carbocycles. The van der Waals surface area contributed by atoms with Crippen LogP contribution in [-0.4, -0.2) is 28.3 Å². The third kappa shape index (κ3) is 5.22. The molecule has 0 unspecified atom stereocenters. The van der Waals surface area contributed by atoms with E-state index in [1.54, 1.807) is 22.9 Å². The van der Waals surface area contributed by atoms with Gasteiger partial charge >= 0.3 is 5.97 Å². The van der Waals surface area contributed by atoms with E-state index < -0.39 is 11.9 Å². The van der Waals surface area contributed by atoms with Gasteiger partial charge in [-0.2, -0.15) is 5.10 Å². The van der Waals surface area contributed by atoms with E-state index in [4.69, 9.17) is 9.47 Å². The normalized spacial score (nSPS) is 10.4. The van der Waals surface area contributed by atoms with Crippen molar-refractivity contribution in [1.82, 2.24) is 9.78 Å². The summed E-state index contributed by atoms with van der Waals surface area (Å²) in [6, 6.07) is 16.3. The second-order valence-corrected chi connectivity index (χ2v) is 6.57. The first-order chi connectivity index (χ1) is 13.9. The van der Waals surface area contributed by atoms with Gasteiger partial charge in [-0.1, -0.05) is 30.3 Å². The van der Waals surface area contributed by atoms with Gasteiger partial charge in [-0.3, -0.25) is 14.3 Å². The van der Waals surface area contributed by atoms with Crippen molar-refractivity contribution >= 4 is 17.6 Å². The van der Waals surface area contributed by atoms with Crippen LogP contribution in [0.3, 0.4) is 0 Å². The maximum atomic E-state index is 12.3. The zero-order valence-corrected chi connectivity index (χ0v) is 16.6. The molecule has 1 aromatic heterocycles. The van der Waals surface area contributed by atoms with Crippen molar-refractivity contribution in [2.75, 3.05) is 11.9 Å². The number of nitrogens with one attached hydrogen (secondary N) is 1. The number of rotatable bonds is 7. The molecular weight excluding hydrogens is 370 g/mol. The van der Waals surface area contributed by atoms with Gasteiger partial charge in [0, 0.05) is 18.3 Å². The molecule has 1 heterocycles. The molecule has 0 saturated heterocycles. The zero-order chi connectivity index (χ0) is 20.8. The van der Waals surface area contributed by atoms with Gasteiger partial charge in [0.15, 0.2) is 12.4 Å². The molecule has 1 amide bonds. The van der Waals surface area contributed by atoms with E-state index in [0.29, 0.717) is 17.2 Å². The van der Waals surface area contributed by atoms with E-state index >= 15 is 0 Å². The van der Waals surface area contributed by atoms with Crippen LogP contribution in [0.5, 0.6) is 11.5 Å². The molecule has 1 N–H and O–H groups in total. The summed E-state index contributed by atoms with van der Waals surface area (Å²) >= 11 is 0. The van der Waals surface area contributed by atoms with Crippen molar-refractivity contribution in [3.05, 3.63) is 71.5 Å². The number of hydrogen-bond donors (Lipinski definition) is 1. The first kappa shape index (κ1) is 20.1.